The number of rotatable bonds is 1. The summed E-state index contributed by atoms with van der Waals surface area (Å²) < 4.78 is 5.98. The first-order chi connectivity index (χ1) is 8.61. The molecule has 3 N–H and O–H groups in total. The van der Waals surface area contributed by atoms with Crippen molar-refractivity contribution >= 4 is 11.6 Å². The maximum Gasteiger partial charge on any atom is 0.224 e. The topological polar surface area (TPSA) is 64.3 Å². The summed E-state index contributed by atoms with van der Waals surface area (Å²) in [6.45, 7) is 4.71. The second-order valence-electron chi connectivity index (χ2n) is 5.19. The van der Waals surface area contributed by atoms with Crippen LogP contribution in [0.25, 0.3) is 0 Å². The van der Waals surface area contributed by atoms with Gasteiger partial charge in [-0.2, -0.15) is 0 Å². The van der Waals surface area contributed by atoms with Crippen LogP contribution in [0.2, 0.25) is 0 Å². The smallest absolute Gasteiger partial charge is 0.224 e. The first-order valence-electron chi connectivity index (χ1n) is 6.44. The zero-order valence-corrected chi connectivity index (χ0v) is 10.7. The number of hydrogen-bond donors (Lipinski definition) is 2. The minimum atomic E-state index is 0.0588. The van der Waals surface area contributed by atoms with Crippen molar-refractivity contribution in [2.45, 2.75) is 38.7 Å². The van der Waals surface area contributed by atoms with Crippen molar-refractivity contribution in [2.75, 3.05) is 11.9 Å². The summed E-state index contributed by atoms with van der Waals surface area (Å²) in [7, 11) is 0. The van der Waals surface area contributed by atoms with Crippen molar-refractivity contribution in [1.82, 2.24) is 0 Å². The third-order valence-electron chi connectivity index (χ3n) is 4.02. The Labute approximate surface area is 107 Å². The second-order valence-corrected chi connectivity index (χ2v) is 5.19. The maximum atomic E-state index is 11.5. The molecule has 96 valence electrons. The number of aryl methyl sites for hydroxylation is 1. The Balaban J connectivity index is 2.13. The van der Waals surface area contributed by atoms with Gasteiger partial charge in [0.1, 0.15) is 11.9 Å². The van der Waals surface area contributed by atoms with Crippen LogP contribution in [0.1, 0.15) is 36.0 Å². The molecule has 18 heavy (non-hydrogen) atoms. The number of fused-ring (bicyclic) bond motifs is 3. The van der Waals surface area contributed by atoms with Crippen LogP contribution in [-0.4, -0.2) is 18.6 Å². The Kier molecular flexibility index (Phi) is 2.55. The fraction of sp³-hybridized carbons (Fsp3) is 0.500. The second kappa shape index (κ2) is 3.99. The lowest BCUT2D eigenvalue weighted by Gasteiger charge is -2.21. The van der Waals surface area contributed by atoms with E-state index in [0.29, 0.717) is 18.9 Å². The molecule has 1 aromatic rings. The molecule has 1 amide bonds. The van der Waals surface area contributed by atoms with Crippen LogP contribution < -0.4 is 15.8 Å². The van der Waals surface area contributed by atoms with Gasteiger partial charge in [-0.25, -0.2) is 0 Å². The third kappa shape index (κ3) is 1.52. The molecule has 0 fully saturated rings. The Morgan fingerprint density at radius 3 is 3.00 bits per heavy atom. The largest absolute Gasteiger partial charge is 0.488 e. The molecule has 0 spiro atoms. The predicted molar refractivity (Wildman–Crippen MR) is 70.0 cm³/mol. The standard InChI is InChI=1S/C14H18N2O2/c1-7-5-10-8(2)11(6-15)18-14(10)9-3-4-12(17)16-13(7)9/h5,8,11H,3-4,6,15H2,1-2H3,(H,16,17). The lowest BCUT2D eigenvalue weighted by atomic mass is 9.90. The van der Waals surface area contributed by atoms with Gasteiger partial charge in [0.05, 0.1) is 5.69 Å². The molecule has 2 heterocycles. The van der Waals surface area contributed by atoms with Crippen LogP contribution in [0.3, 0.4) is 0 Å². The number of anilines is 1. The molecule has 0 radical (unpaired) electrons. The van der Waals surface area contributed by atoms with E-state index in [0.717, 1.165) is 29.0 Å². The van der Waals surface area contributed by atoms with E-state index >= 15 is 0 Å². The molecular weight excluding hydrogens is 228 g/mol. The molecule has 0 bridgehead atoms. The van der Waals surface area contributed by atoms with Gasteiger partial charge in [0.15, 0.2) is 0 Å². The number of amides is 1. The van der Waals surface area contributed by atoms with Crippen molar-refractivity contribution in [1.29, 1.82) is 0 Å². The number of ether oxygens (including phenoxy) is 1. The normalized spacial score (nSPS) is 25.2. The molecule has 0 saturated carbocycles. The first kappa shape index (κ1) is 11.5. The molecule has 3 rings (SSSR count). The van der Waals surface area contributed by atoms with Gasteiger partial charge in [-0.3, -0.25) is 4.79 Å². The van der Waals surface area contributed by atoms with Gasteiger partial charge in [0.25, 0.3) is 0 Å². The number of benzene rings is 1. The van der Waals surface area contributed by atoms with E-state index in [2.05, 4.69) is 18.3 Å². The van der Waals surface area contributed by atoms with E-state index in [1.807, 2.05) is 6.92 Å². The van der Waals surface area contributed by atoms with Crippen LogP contribution in [-0.2, 0) is 11.2 Å². The molecule has 2 unspecified atom stereocenters. The van der Waals surface area contributed by atoms with Crippen molar-refractivity contribution in [3.8, 4) is 5.75 Å². The van der Waals surface area contributed by atoms with E-state index in [4.69, 9.17) is 10.5 Å². The minimum Gasteiger partial charge on any atom is -0.488 e. The van der Waals surface area contributed by atoms with Crippen LogP contribution in [0.4, 0.5) is 5.69 Å². The highest BCUT2D eigenvalue weighted by atomic mass is 16.5. The Hall–Kier alpha value is -1.55. The molecule has 2 aliphatic heterocycles. The van der Waals surface area contributed by atoms with E-state index in [-0.39, 0.29) is 12.0 Å². The number of hydrogen-bond acceptors (Lipinski definition) is 3. The Morgan fingerprint density at radius 2 is 2.28 bits per heavy atom. The molecule has 4 nitrogen and oxygen atoms in total. The number of carbonyl (C=O) groups excluding carboxylic acids is 1. The van der Waals surface area contributed by atoms with Gasteiger partial charge in [0, 0.05) is 30.0 Å². The van der Waals surface area contributed by atoms with Crippen LogP contribution >= 0.6 is 0 Å². The van der Waals surface area contributed by atoms with E-state index in [1.54, 1.807) is 0 Å². The van der Waals surface area contributed by atoms with Crippen LogP contribution in [0, 0.1) is 6.92 Å². The summed E-state index contributed by atoms with van der Waals surface area (Å²) in [5, 5.41) is 2.96. The number of nitrogens with one attached hydrogen (secondary N) is 1. The summed E-state index contributed by atoms with van der Waals surface area (Å²) in [5.41, 5.74) is 10.2. The average molecular weight is 246 g/mol. The molecule has 0 aliphatic carbocycles. The van der Waals surface area contributed by atoms with Gasteiger partial charge in [-0.15, -0.1) is 0 Å². The fourth-order valence-electron chi connectivity index (χ4n) is 2.93. The van der Waals surface area contributed by atoms with E-state index < -0.39 is 0 Å². The van der Waals surface area contributed by atoms with Crippen molar-refractivity contribution < 1.29 is 9.53 Å². The van der Waals surface area contributed by atoms with Crippen molar-refractivity contribution in [2.24, 2.45) is 5.73 Å². The summed E-state index contributed by atoms with van der Waals surface area (Å²) in [5.74, 6) is 1.37. The summed E-state index contributed by atoms with van der Waals surface area (Å²) in [6, 6.07) is 2.13. The predicted octanol–water partition coefficient (Wildman–Crippen LogP) is 1.70. The minimum absolute atomic E-state index is 0.0588. The lowest BCUT2D eigenvalue weighted by Crippen LogP contribution is -2.27. The van der Waals surface area contributed by atoms with Crippen molar-refractivity contribution in [3.63, 3.8) is 0 Å². The highest BCUT2D eigenvalue weighted by Gasteiger charge is 2.34. The molecule has 4 heteroatoms. The zero-order valence-electron chi connectivity index (χ0n) is 10.7. The average Bonchev–Trinajstić information content (AvgIpc) is 2.67. The van der Waals surface area contributed by atoms with E-state index in [1.165, 1.54) is 5.56 Å². The van der Waals surface area contributed by atoms with Gasteiger partial charge in [0.2, 0.25) is 5.91 Å². The maximum absolute atomic E-state index is 11.5. The van der Waals surface area contributed by atoms with E-state index in [9.17, 15) is 4.79 Å². The zero-order chi connectivity index (χ0) is 12.9. The molecule has 0 saturated heterocycles. The Morgan fingerprint density at radius 1 is 1.50 bits per heavy atom. The molecule has 2 atom stereocenters. The van der Waals surface area contributed by atoms with Gasteiger partial charge < -0.3 is 15.8 Å². The third-order valence-corrected chi connectivity index (χ3v) is 4.02. The molecule has 0 aromatic heterocycles. The monoisotopic (exact) mass is 246 g/mol. The number of nitrogens with two attached hydrogens (primary N) is 1. The molecular formula is C14H18N2O2. The molecule has 1 aromatic carbocycles. The van der Waals surface area contributed by atoms with Gasteiger partial charge >= 0.3 is 0 Å². The highest BCUT2D eigenvalue weighted by molar-refractivity contribution is 5.95. The fourth-order valence-corrected chi connectivity index (χ4v) is 2.93. The number of carbonyl (C=O) groups is 1. The van der Waals surface area contributed by atoms with Crippen LogP contribution in [0.5, 0.6) is 5.75 Å². The van der Waals surface area contributed by atoms with Gasteiger partial charge in [-0.1, -0.05) is 6.92 Å². The molecule has 2 aliphatic rings. The first-order valence-corrected chi connectivity index (χ1v) is 6.44. The van der Waals surface area contributed by atoms with Crippen molar-refractivity contribution in [3.05, 3.63) is 22.8 Å². The summed E-state index contributed by atoms with van der Waals surface area (Å²) >= 11 is 0. The Bertz CT molecular complexity index is 525. The van der Waals surface area contributed by atoms with Gasteiger partial charge in [-0.05, 0) is 25.0 Å². The lowest BCUT2D eigenvalue weighted by molar-refractivity contribution is -0.116. The highest BCUT2D eigenvalue weighted by Crippen LogP contribution is 2.46. The quantitative estimate of drug-likeness (QED) is 0.792. The summed E-state index contributed by atoms with van der Waals surface area (Å²) in [6.07, 6.45) is 1.35. The SMILES string of the molecule is Cc1cc2c(c3c1NC(=O)CC3)OC(CN)C2C. The van der Waals surface area contributed by atoms with Crippen LogP contribution in [0.15, 0.2) is 6.07 Å². The summed E-state index contributed by atoms with van der Waals surface area (Å²) in [4.78, 5) is 11.5.